The van der Waals surface area contributed by atoms with Crippen LogP contribution in [0.4, 0.5) is 0 Å². The molecule has 0 aromatic rings. The molecule has 0 spiro atoms. The lowest BCUT2D eigenvalue weighted by molar-refractivity contribution is -0.162. The molecule has 0 saturated heterocycles. The Hall–Kier alpha value is -1.06. The lowest BCUT2D eigenvalue weighted by Gasteiger charge is -2.24. The van der Waals surface area contributed by atoms with Gasteiger partial charge >= 0.3 is 11.9 Å². The predicted molar refractivity (Wildman–Crippen MR) is 140 cm³/mol. The number of ether oxygens (including phenoxy) is 2. The van der Waals surface area contributed by atoms with Gasteiger partial charge in [0.15, 0.2) is 0 Å². The van der Waals surface area contributed by atoms with Crippen LogP contribution in [0.15, 0.2) is 0 Å². The number of esters is 2. The first-order valence-electron chi connectivity index (χ1n) is 14.4. The molecule has 2 fully saturated rings. The smallest absolute Gasteiger partial charge is 0.309 e. The molecule has 198 valence electrons. The molecule has 0 bridgehead atoms. The molecular formula is C30H54O4. The maximum absolute atomic E-state index is 12.5. The van der Waals surface area contributed by atoms with Crippen molar-refractivity contribution in [3.8, 4) is 0 Å². The largest absolute Gasteiger partial charge is 0.460 e. The van der Waals surface area contributed by atoms with Crippen LogP contribution in [0.3, 0.4) is 0 Å². The zero-order valence-electron chi connectivity index (χ0n) is 23.3. The normalized spacial score (nSPS) is 18.4. The number of carbonyl (C=O) groups excluding carboxylic acids is 2. The molecule has 0 amide bonds. The van der Waals surface area contributed by atoms with Crippen molar-refractivity contribution < 1.29 is 19.1 Å². The molecule has 2 aliphatic carbocycles. The van der Waals surface area contributed by atoms with E-state index >= 15 is 0 Å². The Bertz CT molecular complexity index is 550. The Morgan fingerprint density at radius 2 is 0.824 bits per heavy atom. The van der Waals surface area contributed by atoms with Crippen molar-refractivity contribution in [2.45, 2.75) is 155 Å². The molecule has 2 saturated carbocycles. The average molecular weight is 479 g/mol. The quantitative estimate of drug-likeness (QED) is 0.155. The van der Waals surface area contributed by atoms with E-state index in [0.717, 1.165) is 25.7 Å². The predicted octanol–water partition coefficient (Wildman–Crippen LogP) is 8.40. The molecule has 0 aromatic carbocycles. The van der Waals surface area contributed by atoms with Gasteiger partial charge < -0.3 is 9.47 Å². The summed E-state index contributed by atoms with van der Waals surface area (Å²) in [6, 6.07) is 0. The van der Waals surface area contributed by atoms with Crippen molar-refractivity contribution in [2.24, 2.45) is 23.7 Å². The molecule has 0 aromatic heterocycles. The summed E-state index contributed by atoms with van der Waals surface area (Å²) in [4.78, 5) is 24.9. The fourth-order valence-electron chi connectivity index (χ4n) is 4.99. The highest BCUT2D eigenvalue weighted by Gasteiger charge is 2.38. The van der Waals surface area contributed by atoms with Crippen molar-refractivity contribution in [1.29, 1.82) is 0 Å². The van der Waals surface area contributed by atoms with Crippen LogP contribution in [0.1, 0.15) is 144 Å². The molecular weight excluding hydrogens is 424 g/mol. The highest BCUT2D eigenvalue weighted by atomic mass is 16.6. The van der Waals surface area contributed by atoms with E-state index in [1.54, 1.807) is 0 Å². The second-order valence-corrected chi connectivity index (χ2v) is 13.1. The molecule has 4 nitrogen and oxygen atoms in total. The summed E-state index contributed by atoms with van der Waals surface area (Å²) in [6.45, 7) is 11.8. The van der Waals surface area contributed by atoms with Gasteiger partial charge in [0.05, 0.1) is 11.8 Å². The molecule has 0 aliphatic heterocycles. The van der Waals surface area contributed by atoms with E-state index in [2.05, 4.69) is 0 Å². The van der Waals surface area contributed by atoms with E-state index in [4.69, 9.17) is 9.47 Å². The fraction of sp³-hybridized carbons (Fsp3) is 0.933. The fourth-order valence-corrected chi connectivity index (χ4v) is 4.99. The highest BCUT2D eigenvalue weighted by molar-refractivity contribution is 5.74. The lowest BCUT2D eigenvalue weighted by Crippen LogP contribution is -2.29. The highest BCUT2D eigenvalue weighted by Crippen LogP contribution is 2.41. The van der Waals surface area contributed by atoms with Crippen molar-refractivity contribution in [1.82, 2.24) is 0 Å². The van der Waals surface area contributed by atoms with E-state index < -0.39 is 0 Å². The summed E-state index contributed by atoms with van der Waals surface area (Å²) >= 11 is 0. The van der Waals surface area contributed by atoms with E-state index in [0.29, 0.717) is 11.8 Å². The summed E-state index contributed by atoms with van der Waals surface area (Å²) in [6.07, 6.45) is 19.4. The van der Waals surface area contributed by atoms with E-state index in [9.17, 15) is 9.59 Å². The number of unbranched alkanes of at least 4 members (excludes halogenated alkanes) is 9. The van der Waals surface area contributed by atoms with Crippen LogP contribution in [-0.2, 0) is 19.1 Å². The summed E-state index contributed by atoms with van der Waals surface area (Å²) < 4.78 is 11.3. The van der Waals surface area contributed by atoms with Gasteiger partial charge in [0.1, 0.15) is 11.2 Å². The van der Waals surface area contributed by atoms with Gasteiger partial charge in [-0.25, -0.2) is 0 Å². The molecule has 2 unspecified atom stereocenters. The lowest BCUT2D eigenvalue weighted by atomic mass is 9.95. The van der Waals surface area contributed by atoms with Gasteiger partial charge in [-0.2, -0.15) is 0 Å². The minimum Gasteiger partial charge on any atom is -0.460 e. The monoisotopic (exact) mass is 478 g/mol. The van der Waals surface area contributed by atoms with E-state index in [1.165, 1.54) is 77.0 Å². The zero-order chi connectivity index (χ0) is 25.2. The summed E-state index contributed by atoms with van der Waals surface area (Å²) in [5, 5.41) is 0. The standard InChI is InChI=1S/C30H54O4/c1-29(2,3)33-27(31)25(23-19-20-23)17-15-13-11-9-7-8-10-12-14-16-18-26(24-21-22-24)28(32)34-30(4,5)6/h23-26H,7-22H2,1-6H3. The van der Waals surface area contributed by atoms with Gasteiger partial charge in [-0.3, -0.25) is 9.59 Å². The van der Waals surface area contributed by atoms with Gasteiger partial charge in [0, 0.05) is 0 Å². The van der Waals surface area contributed by atoms with Crippen molar-refractivity contribution >= 4 is 11.9 Å². The Morgan fingerprint density at radius 3 is 1.06 bits per heavy atom. The van der Waals surface area contributed by atoms with Gasteiger partial charge in [0.2, 0.25) is 0 Å². The number of rotatable bonds is 17. The van der Waals surface area contributed by atoms with Gasteiger partial charge in [-0.1, -0.05) is 64.2 Å². The second kappa shape index (κ2) is 13.9. The van der Waals surface area contributed by atoms with Crippen molar-refractivity contribution in [3.05, 3.63) is 0 Å². The summed E-state index contributed by atoms with van der Waals surface area (Å²) in [5.74, 6) is 1.49. The van der Waals surface area contributed by atoms with Gasteiger partial charge in [-0.05, 0) is 91.9 Å². The Labute approximate surface area is 210 Å². The molecule has 0 radical (unpaired) electrons. The minimum atomic E-state index is -0.374. The number of hydrogen-bond donors (Lipinski definition) is 0. The first kappa shape index (κ1) is 29.2. The maximum Gasteiger partial charge on any atom is 0.309 e. The van der Waals surface area contributed by atoms with Crippen LogP contribution in [0.25, 0.3) is 0 Å². The third-order valence-electron chi connectivity index (χ3n) is 7.08. The van der Waals surface area contributed by atoms with Crippen LogP contribution < -0.4 is 0 Å². The van der Waals surface area contributed by atoms with Crippen LogP contribution in [-0.4, -0.2) is 23.1 Å². The third kappa shape index (κ3) is 13.1. The first-order chi connectivity index (χ1) is 16.0. The van der Waals surface area contributed by atoms with Crippen LogP contribution in [0.2, 0.25) is 0 Å². The van der Waals surface area contributed by atoms with Crippen LogP contribution in [0.5, 0.6) is 0 Å². The van der Waals surface area contributed by atoms with Crippen molar-refractivity contribution in [3.63, 3.8) is 0 Å². The molecule has 34 heavy (non-hydrogen) atoms. The van der Waals surface area contributed by atoms with Crippen LogP contribution in [0, 0.1) is 23.7 Å². The molecule has 4 heteroatoms. The summed E-state index contributed by atoms with van der Waals surface area (Å²) in [7, 11) is 0. The maximum atomic E-state index is 12.5. The van der Waals surface area contributed by atoms with Gasteiger partial charge in [-0.15, -0.1) is 0 Å². The average Bonchev–Trinajstić information content (AvgIpc) is 3.58. The third-order valence-corrected chi connectivity index (χ3v) is 7.08. The Balaban J connectivity index is 1.44. The molecule has 2 aliphatic rings. The molecule has 0 N–H and O–H groups in total. The van der Waals surface area contributed by atoms with E-state index in [-0.39, 0.29) is 35.0 Å². The topological polar surface area (TPSA) is 52.6 Å². The van der Waals surface area contributed by atoms with Gasteiger partial charge in [0.25, 0.3) is 0 Å². The summed E-state index contributed by atoms with van der Waals surface area (Å²) in [5.41, 5.74) is -0.748. The molecule has 2 rings (SSSR count). The number of carbonyl (C=O) groups is 2. The molecule has 2 atom stereocenters. The first-order valence-corrected chi connectivity index (χ1v) is 14.4. The van der Waals surface area contributed by atoms with Crippen LogP contribution >= 0.6 is 0 Å². The minimum absolute atomic E-state index is 0.0320. The second-order valence-electron chi connectivity index (χ2n) is 13.1. The Kier molecular flexibility index (Phi) is 11.9. The SMILES string of the molecule is CC(C)(C)OC(=O)C(CCCCCCCCCCCCC(C(=O)OC(C)(C)C)C1CC1)C1CC1. The zero-order valence-corrected chi connectivity index (χ0v) is 23.3. The molecule has 0 heterocycles. The van der Waals surface area contributed by atoms with E-state index in [1.807, 2.05) is 41.5 Å². The Morgan fingerprint density at radius 1 is 0.559 bits per heavy atom. The van der Waals surface area contributed by atoms with Crippen molar-refractivity contribution in [2.75, 3.05) is 0 Å². The number of hydrogen-bond acceptors (Lipinski definition) is 4.